The standard InChI is InChI=1S/3C10H10O.2C9H8O.C8H5NO3.6C2H6/c1-7-5-9-3-4-11-10(9)6-8(7)2;1-7-5-8(2)10-9(6-7)3-4-11-10;1-7-3-4-10-9(8(7)2)5-6-11-10;2*1-7-2-3-9-8(6-7)4-5-10-9;10-9(11)7-1-2-8-6(5-7)3-4-12-8;6*1-2/h3*3-6H,1-2H3;2*2-6H,1H3;1-5H;6*1-2H3. The number of non-ortho nitro benzene ring substituents is 1. The van der Waals surface area contributed by atoms with Gasteiger partial charge in [-0.2, -0.15) is 0 Å². The fourth-order valence-corrected chi connectivity index (χ4v) is 7.21. The molecule has 0 unspecified atom stereocenters. The van der Waals surface area contributed by atoms with Gasteiger partial charge in [-0.3, -0.25) is 10.1 Å². The van der Waals surface area contributed by atoms with Crippen molar-refractivity contribution in [3.8, 4) is 0 Å². The van der Waals surface area contributed by atoms with Crippen molar-refractivity contribution in [2.75, 3.05) is 0 Å². The first kappa shape index (κ1) is 67.0. The van der Waals surface area contributed by atoms with Gasteiger partial charge in [0.2, 0.25) is 0 Å². The first-order valence-electron chi connectivity index (χ1n) is 27.1. The lowest BCUT2D eigenvalue weighted by atomic mass is 10.1. The molecule has 9 nitrogen and oxygen atoms in total. The highest BCUT2D eigenvalue weighted by molar-refractivity contribution is 5.83. The first-order valence-corrected chi connectivity index (χ1v) is 27.1. The van der Waals surface area contributed by atoms with Crippen molar-refractivity contribution in [3.63, 3.8) is 0 Å². The normalized spacial score (nSPS) is 9.40. The van der Waals surface area contributed by atoms with Crippen LogP contribution in [0.25, 0.3) is 65.8 Å². The van der Waals surface area contributed by atoms with Gasteiger partial charge in [0.15, 0.2) is 0 Å². The predicted octanol–water partition coefficient (Wildman–Crippen LogP) is 23.1. The molecule has 0 spiro atoms. The molecule has 0 N–H and O–H groups in total. The molecule has 9 heteroatoms. The summed E-state index contributed by atoms with van der Waals surface area (Å²) in [4.78, 5) is 9.92. The minimum atomic E-state index is -0.424. The summed E-state index contributed by atoms with van der Waals surface area (Å²) in [6.07, 6.45) is 10.1. The molecule has 77 heavy (non-hydrogen) atoms. The Hall–Kier alpha value is -8.04. The van der Waals surface area contributed by atoms with Crippen LogP contribution in [-0.2, 0) is 0 Å². The topological polar surface area (TPSA) is 122 Å². The molecule has 0 saturated carbocycles. The Morgan fingerprint density at radius 1 is 0.312 bits per heavy atom. The van der Waals surface area contributed by atoms with Gasteiger partial charge in [-0.15, -0.1) is 0 Å². The van der Waals surface area contributed by atoms with E-state index in [0.717, 1.165) is 33.3 Å². The summed E-state index contributed by atoms with van der Waals surface area (Å²) in [7, 11) is 0. The van der Waals surface area contributed by atoms with E-state index in [4.69, 9.17) is 26.5 Å². The SMILES string of the molecule is CC.CC.CC.CC.CC.CC.Cc1cc(C)c2occc2c1.Cc1cc2ccoc2cc1C.Cc1ccc2occc2c1.Cc1ccc2occc2c1.Cc1ccc2occc2c1C.O=[N+]([O-])c1ccc2occc2c1. The van der Waals surface area contributed by atoms with Gasteiger partial charge >= 0.3 is 0 Å². The third-order valence-corrected chi connectivity index (χ3v) is 11.0. The molecular weight excluding hydrogens is 959 g/mol. The largest absolute Gasteiger partial charge is 0.464 e. The number of aryl methyl sites for hydroxylation is 8. The van der Waals surface area contributed by atoms with Crippen molar-refractivity contribution in [2.45, 2.75) is 138 Å². The third kappa shape index (κ3) is 20.5. The van der Waals surface area contributed by atoms with Crippen molar-refractivity contribution in [1.82, 2.24) is 0 Å². The third-order valence-electron chi connectivity index (χ3n) is 11.0. The number of hydrogen-bond acceptors (Lipinski definition) is 8. The zero-order chi connectivity index (χ0) is 58.0. The van der Waals surface area contributed by atoms with Crippen LogP contribution in [0.2, 0.25) is 0 Å². The van der Waals surface area contributed by atoms with Crippen molar-refractivity contribution in [3.05, 3.63) is 220 Å². The zero-order valence-electron chi connectivity index (χ0n) is 49.8. The molecule has 412 valence electrons. The van der Waals surface area contributed by atoms with Gasteiger partial charge in [0.25, 0.3) is 5.69 Å². The average Bonchev–Trinajstić information content (AvgIpc) is 4.34. The van der Waals surface area contributed by atoms with Crippen LogP contribution in [-0.4, -0.2) is 4.92 Å². The molecule has 0 amide bonds. The Balaban J connectivity index is 0.000000444. The minimum absolute atomic E-state index is 0.0869. The number of hydrogen-bond donors (Lipinski definition) is 0. The quantitative estimate of drug-likeness (QED) is 0.118. The van der Waals surface area contributed by atoms with E-state index in [2.05, 4.69) is 97.9 Å². The molecule has 0 aliphatic heterocycles. The molecule has 0 aliphatic carbocycles. The van der Waals surface area contributed by atoms with E-state index in [0.29, 0.717) is 5.58 Å². The maximum atomic E-state index is 10.3. The maximum absolute atomic E-state index is 10.3. The van der Waals surface area contributed by atoms with Gasteiger partial charge in [0.1, 0.15) is 33.5 Å². The molecule has 0 saturated heterocycles. The number of fused-ring (bicyclic) bond motifs is 6. The summed E-state index contributed by atoms with van der Waals surface area (Å²) in [5.41, 5.74) is 15.9. The van der Waals surface area contributed by atoms with E-state index < -0.39 is 4.92 Å². The molecule has 6 aromatic carbocycles. The lowest BCUT2D eigenvalue weighted by Gasteiger charge is -1.98. The lowest BCUT2D eigenvalue weighted by Crippen LogP contribution is -1.85. The van der Waals surface area contributed by atoms with Crippen LogP contribution in [0.4, 0.5) is 5.69 Å². The summed E-state index contributed by atoms with van der Waals surface area (Å²) in [5.74, 6) is 0. The number of furan rings is 6. The van der Waals surface area contributed by atoms with E-state index in [1.165, 1.54) is 89.8 Å². The van der Waals surface area contributed by atoms with Gasteiger partial charge in [-0.25, -0.2) is 0 Å². The lowest BCUT2D eigenvalue weighted by molar-refractivity contribution is -0.384. The van der Waals surface area contributed by atoms with Crippen molar-refractivity contribution in [2.24, 2.45) is 0 Å². The number of nitrogens with zero attached hydrogens (tertiary/aromatic N) is 1. The first-order chi connectivity index (χ1) is 37.3. The van der Waals surface area contributed by atoms with E-state index >= 15 is 0 Å². The second-order valence-electron chi connectivity index (χ2n) is 16.0. The summed E-state index contributed by atoms with van der Waals surface area (Å²) in [5, 5.41) is 17.1. The van der Waals surface area contributed by atoms with Crippen molar-refractivity contribution >= 4 is 71.5 Å². The molecule has 12 aromatic rings. The number of rotatable bonds is 1. The van der Waals surface area contributed by atoms with Crippen LogP contribution in [0.3, 0.4) is 0 Å². The Morgan fingerprint density at radius 2 is 0.688 bits per heavy atom. The molecule has 0 atom stereocenters. The second-order valence-corrected chi connectivity index (χ2v) is 16.0. The molecule has 0 radical (unpaired) electrons. The molecule has 0 aliphatic rings. The summed E-state index contributed by atoms with van der Waals surface area (Å²) >= 11 is 0. The van der Waals surface area contributed by atoms with E-state index in [-0.39, 0.29) is 5.69 Å². The Bertz CT molecular complexity index is 3370. The van der Waals surface area contributed by atoms with Crippen LogP contribution in [0, 0.1) is 65.5 Å². The van der Waals surface area contributed by atoms with Crippen LogP contribution >= 0.6 is 0 Å². The molecular formula is C68H87NO8. The fourth-order valence-electron chi connectivity index (χ4n) is 7.21. The highest BCUT2D eigenvalue weighted by atomic mass is 16.6. The maximum Gasteiger partial charge on any atom is 0.270 e. The van der Waals surface area contributed by atoms with E-state index in [1.807, 2.05) is 144 Å². The monoisotopic (exact) mass is 1050 g/mol. The van der Waals surface area contributed by atoms with Crippen LogP contribution < -0.4 is 0 Å². The Morgan fingerprint density at radius 3 is 1.19 bits per heavy atom. The van der Waals surface area contributed by atoms with Gasteiger partial charge in [0, 0.05) is 44.5 Å². The fraction of sp³-hybridized carbons (Fsp3) is 0.294. The smallest absolute Gasteiger partial charge is 0.270 e. The number of benzene rings is 6. The Labute approximate surface area is 459 Å². The molecule has 0 fully saturated rings. The summed E-state index contributed by atoms with van der Waals surface area (Å²) in [6.45, 7) is 40.8. The highest BCUT2D eigenvalue weighted by Crippen LogP contribution is 2.24. The van der Waals surface area contributed by atoms with Crippen LogP contribution in [0.1, 0.15) is 128 Å². The van der Waals surface area contributed by atoms with Gasteiger partial charge < -0.3 is 26.5 Å². The van der Waals surface area contributed by atoms with Crippen LogP contribution in [0.5, 0.6) is 0 Å². The van der Waals surface area contributed by atoms with E-state index in [1.54, 1.807) is 43.4 Å². The van der Waals surface area contributed by atoms with E-state index in [9.17, 15) is 10.1 Å². The summed E-state index contributed by atoms with van der Waals surface area (Å²) < 4.78 is 31.2. The van der Waals surface area contributed by atoms with Gasteiger partial charge in [-0.1, -0.05) is 124 Å². The molecule has 0 bridgehead atoms. The van der Waals surface area contributed by atoms with Crippen molar-refractivity contribution in [1.29, 1.82) is 0 Å². The minimum Gasteiger partial charge on any atom is -0.464 e. The number of nitro benzene ring substituents is 1. The average molecular weight is 1050 g/mol. The van der Waals surface area contributed by atoms with Gasteiger partial charge in [0.05, 0.1) is 42.5 Å². The number of nitro groups is 1. The Kier molecular flexibility index (Phi) is 32.0. The van der Waals surface area contributed by atoms with Crippen molar-refractivity contribution < 1.29 is 31.4 Å². The molecule has 6 heterocycles. The predicted molar refractivity (Wildman–Crippen MR) is 330 cm³/mol. The second kappa shape index (κ2) is 36.8. The summed E-state index contributed by atoms with van der Waals surface area (Å²) in [6, 6.07) is 41.0. The van der Waals surface area contributed by atoms with Crippen LogP contribution in [0.15, 0.2) is 191 Å². The van der Waals surface area contributed by atoms with Gasteiger partial charge in [-0.05, 0) is 174 Å². The highest BCUT2D eigenvalue weighted by Gasteiger charge is 2.07. The molecule has 12 rings (SSSR count). The molecule has 6 aromatic heterocycles. The zero-order valence-corrected chi connectivity index (χ0v) is 49.8.